The summed E-state index contributed by atoms with van der Waals surface area (Å²) in [5.41, 5.74) is 6.30. The fourth-order valence-corrected chi connectivity index (χ4v) is 1.19. The molecule has 4 nitrogen and oxygen atoms in total. The van der Waals surface area contributed by atoms with Crippen LogP contribution in [0.3, 0.4) is 0 Å². The van der Waals surface area contributed by atoms with E-state index >= 15 is 0 Å². The fraction of sp³-hybridized carbons (Fsp3) is 0.667. The van der Waals surface area contributed by atoms with Crippen molar-refractivity contribution in [1.82, 2.24) is 9.78 Å². The standard InChI is InChI=1S/C9H17N3O/c1-4-7(5-2)13-9-8(10)6-12(3)11-9/h6-7H,4-5,10H2,1-3H3. The molecule has 2 N–H and O–H groups in total. The predicted octanol–water partition coefficient (Wildman–Crippen LogP) is 1.57. The van der Waals surface area contributed by atoms with Gasteiger partial charge in [-0.1, -0.05) is 13.8 Å². The van der Waals surface area contributed by atoms with Crippen LogP contribution in [0.25, 0.3) is 0 Å². The third-order valence-corrected chi connectivity index (χ3v) is 2.01. The number of aromatic nitrogens is 2. The van der Waals surface area contributed by atoms with Gasteiger partial charge in [-0.3, -0.25) is 4.68 Å². The molecule has 0 saturated heterocycles. The first-order chi connectivity index (χ1) is 6.17. The van der Waals surface area contributed by atoms with Gasteiger partial charge in [-0.2, -0.15) is 0 Å². The van der Waals surface area contributed by atoms with Gasteiger partial charge in [-0.25, -0.2) is 0 Å². The second-order valence-corrected chi connectivity index (χ2v) is 3.12. The van der Waals surface area contributed by atoms with Gasteiger partial charge < -0.3 is 10.5 Å². The van der Waals surface area contributed by atoms with Gasteiger partial charge in [0.05, 0.1) is 6.20 Å². The van der Waals surface area contributed by atoms with E-state index in [1.165, 1.54) is 0 Å². The summed E-state index contributed by atoms with van der Waals surface area (Å²) in [6, 6.07) is 0. The molecule has 0 radical (unpaired) electrons. The number of anilines is 1. The lowest BCUT2D eigenvalue weighted by Gasteiger charge is -2.13. The normalized spacial score (nSPS) is 10.8. The van der Waals surface area contributed by atoms with Crippen LogP contribution >= 0.6 is 0 Å². The maximum atomic E-state index is 5.69. The van der Waals surface area contributed by atoms with E-state index in [2.05, 4.69) is 18.9 Å². The van der Waals surface area contributed by atoms with E-state index in [9.17, 15) is 0 Å². The number of aryl methyl sites for hydroxylation is 1. The average Bonchev–Trinajstić information content (AvgIpc) is 2.41. The fourth-order valence-electron chi connectivity index (χ4n) is 1.19. The molecule has 0 aliphatic rings. The minimum Gasteiger partial charge on any atom is -0.472 e. The highest BCUT2D eigenvalue weighted by atomic mass is 16.5. The first-order valence-electron chi connectivity index (χ1n) is 4.63. The van der Waals surface area contributed by atoms with Crippen LogP contribution < -0.4 is 10.5 Å². The lowest BCUT2D eigenvalue weighted by Crippen LogP contribution is -2.14. The molecule has 0 spiro atoms. The van der Waals surface area contributed by atoms with Crippen molar-refractivity contribution in [1.29, 1.82) is 0 Å². The second-order valence-electron chi connectivity index (χ2n) is 3.12. The molecule has 0 aliphatic carbocycles. The number of nitrogen functional groups attached to an aromatic ring is 1. The summed E-state index contributed by atoms with van der Waals surface area (Å²) < 4.78 is 7.27. The van der Waals surface area contributed by atoms with Crippen molar-refractivity contribution in [2.24, 2.45) is 7.05 Å². The summed E-state index contributed by atoms with van der Waals surface area (Å²) in [5, 5.41) is 4.12. The molecule has 1 aromatic rings. The summed E-state index contributed by atoms with van der Waals surface area (Å²) in [5.74, 6) is 0.552. The van der Waals surface area contributed by atoms with Crippen LogP contribution in [-0.2, 0) is 7.05 Å². The summed E-state index contributed by atoms with van der Waals surface area (Å²) in [7, 11) is 1.83. The summed E-state index contributed by atoms with van der Waals surface area (Å²) in [6.07, 6.45) is 3.92. The molecule has 1 rings (SSSR count). The zero-order chi connectivity index (χ0) is 9.84. The van der Waals surface area contributed by atoms with Crippen LogP contribution in [-0.4, -0.2) is 15.9 Å². The van der Waals surface area contributed by atoms with Gasteiger partial charge in [-0.05, 0) is 12.8 Å². The third kappa shape index (κ3) is 2.37. The van der Waals surface area contributed by atoms with Gasteiger partial charge in [0.25, 0.3) is 5.88 Å². The van der Waals surface area contributed by atoms with Gasteiger partial charge in [0, 0.05) is 7.05 Å². The molecule has 13 heavy (non-hydrogen) atoms. The number of rotatable bonds is 4. The summed E-state index contributed by atoms with van der Waals surface area (Å²) in [6.45, 7) is 4.18. The molecule has 74 valence electrons. The Kier molecular flexibility index (Phi) is 3.17. The van der Waals surface area contributed by atoms with E-state index in [0.717, 1.165) is 12.8 Å². The molecule has 0 bridgehead atoms. The molecule has 0 unspecified atom stereocenters. The lowest BCUT2D eigenvalue weighted by atomic mass is 10.2. The monoisotopic (exact) mass is 183 g/mol. The second kappa shape index (κ2) is 4.16. The Hall–Kier alpha value is -1.19. The summed E-state index contributed by atoms with van der Waals surface area (Å²) in [4.78, 5) is 0. The van der Waals surface area contributed by atoms with Gasteiger partial charge in [-0.15, -0.1) is 5.10 Å². The quantitative estimate of drug-likeness (QED) is 0.770. The Balaban J connectivity index is 2.67. The molecule has 0 amide bonds. The third-order valence-electron chi connectivity index (χ3n) is 2.01. The molecule has 1 heterocycles. The molecule has 1 aromatic heterocycles. The van der Waals surface area contributed by atoms with Crippen molar-refractivity contribution in [2.45, 2.75) is 32.8 Å². The van der Waals surface area contributed by atoms with Crippen LogP contribution in [0.5, 0.6) is 5.88 Å². The number of nitrogens with two attached hydrogens (primary N) is 1. The lowest BCUT2D eigenvalue weighted by molar-refractivity contribution is 0.184. The van der Waals surface area contributed by atoms with E-state index in [-0.39, 0.29) is 6.10 Å². The topological polar surface area (TPSA) is 53.1 Å². The van der Waals surface area contributed by atoms with Gasteiger partial charge in [0.1, 0.15) is 11.8 Å². The SMILES string of the molecule is CCC(CC)Oc1nn(C)cc1N. The Morgan fingerprint density at radius 1 is 1.54 bits per heavy atom. The average molecular weight is 183 g/mol. The number of ether oxygens (including phenoxy) is 1. The van der Waals surface area contributed by atoms with E-state index < -0.39 is 0 Å². The highest BCUT2D eigenvalue weighted by Gasteiger charge is 2.10. The molecule has 0 fully saturated rings. The first kappa shape index (κ1) is 9.89. The van der Waals surface area contributed by atoms with Crippen LogP contribution in [0.1, 0.15) is 26.7 Å². The van der Waals surface area contributed by atoms with E-state index in [0.29, 0.717) is 11.6 Å². The smallest absolute Gasteiger partial charge is 0.256 e. The Morgan fingerprint density at radius 2 is 2.15 bits per heavy atom. The van der Waals surface area contributed by atoms with Crippen LogP contribution in [0.2, 0.25) is 0 Å². The van der Waals surface area contributed by atoms with Crippen molar-refractivity contribution in [2.75, 3.05) is 5.73 Å². The maximum Gasteiger partial charge on any atom is 0.256 e. The molecule has 0 aliphatic heterocycles. The van der Waals surface area contributed by atoms with Crippen LogP contribution in [0.15, 0.2) is 6.20 Å². The van der Waals surface area contributed by atoms with Gasteiger partial charge in [0.2, 0.25) is 0 Å². The van der Waals surface area contributed by atoms with Crippen molar-refractivity contribution >= 4 is 5.69 Å². The Morgan fingerprint density at radius 3 is 2.54 bits per heavy atom. The van der Waals surface area contributed by atoms with Crippen molar-refractivity contribution in [3.63, 3.8) is 0 Å². The molecule has 0 aromatic carbocycles. The molecule has 0 saturated carbocycles. The highest BCUT2D eigenvalue weighted by molar-refractivity contribution is 5.45. The van der Waals surface area contributed by atoms with E-state index in [1.54, 1.807) is 10.9 Å². The molecule has 0 atom stereocenters. The number of nitrogens with zero attached hydrogens (tertiary/aromatic N) is 2. The minimum atomic E-state index is 0.220. The Labute approximate surface area is 78.7 Å². The predicted molar refractivity (Wildman–Crippen MR) is 52.6 cm³/mol. The summed E-state index contributed by atoms with van der Waals surface area (Å²) >= 11 is 0. The number of hydrogen-bond donors (Lipinski definition) is 1. The molecule has 4 heteroatoms. The largest absolute Gasteiger partial charge is 0.472 e. The zero-order valence-corrected chi connectivity index (χ0v) is 8.45. The number of hydrogen-bond acceptors (Lipinski definition) is 3. The van der Waals surface area contributed by atoms with Crippen molar-refractivity contribution in [3.8, 4) is 5.88 Å². The maximum absolute atomic E-state index is 5.69. The van der Waals surface area contributed by atoms with Crippen LogP contribution in [0.4, 0.5) is 5.69 Å². The Bertz CT molecular complexity index is 266. The molecular formula is C9H17N3O. The zero-order valence-electron chi connectivity index (χ0n) is 8.45. The van der Waals surface area contributed by atoms with Gasteiger partial charge in [0.15, 0.2) is 0 Å². The molecular weight excluding hydrogens is 166 g/mol. The van der Waals surface area contributed by atoms with Crippen molar-refractivity contribution in [3.05, 3.63) is 6.20 Å². The van der Waals surface area contributed by atoms with Gasteiger partial charge >= 0.3 is 0 Å². The first-order valence-corrected chi connectivity index (χ1v) is 4.63. The highest BCUT2D eigenvalue weighted by Crippen LogP contribution is 2.20. The minimum absolute atomic E-state index is 0.220. The van der Waals surface area contributed by atoms with E-state index in [1.807, 2.05) is 7.05 Å². The van der Waals surface area contributed by atoms with Crippen molar-refractivity contribution < 1.29 is 4.74 Å². The van der Waals surface area contributed by atoms with E-state index in [4.69, 9.17) is 10.5 Å². The van der Waals surface area contributed by atoms with Crippen LogP contribution in [0, 0.1) is 0 Å².